The predicted molar refractivity (Wildman–Crippen MR) is 67.5 cm³/mol. The molecule has 2 unspecified atom stereocenters. The molecule has 3 nitrogen and oxygen atoms in total. The van der Waals surface area contributed by atoms with Gasteiger partial charge in [-0.15, -0.1) is 11.6 Å². The summed E-state index contributed by atoms with van der Waals surface area (Å²) in [6, 6.07) is 1.88. The van der Waals surface area contributed by atoms with Gasteiger partial charge in [0.2, 0.25) is 0 Å². The molecule has 0 spiro atoms. The maximum Gasteiger partial charge on any atom is 0.127 e. The fourth-order valence-electron chi connectivity index (χ4n) is 2.23. The van der Waals surface area contributed by atoms with E-state index in [1.165, 1.54) is 0 Å². The first-order chi connectivity index (χ1) is 8.33. The highest BCUT2D eigenvalue weighted by atomic mass is 35.5. The van der Waals surface area contributed by atoms with Crippen LogP contribution < -0.4 is 4.74 Å². The number of nitrogens with zero attached hydrogens (tertiary/aromatic N) is 1. The van der Waals surface area contributed by atoms with Crippen LogP contribution in [0, 0.1) is 0 Å². The molecular formula is C13H18ClNO2. The number of hydrogen-bond acceptors (Lipinski definition) is 3. The average Bonchev–Trinajstić information content (AvgIpc) is 2.39. The Hall–Kier alpha value is -0.800. The van der Waals surface area contributed by atoms with Crippen LogP contribution in [0.5, 0.6) is 5.75 Å². The number of halogens is 1. The van der Waals surface area contributed by atoms with E-state index < -0.39 is 0 Å². The summed E-state index contributed by atoms with van der Waals surface area (Å²) < 4.78 is 11.4. The molecule has 1 saturated carbocycles. The molecule has 2 atom stereocenters. The van der Waals surface area contributed by atoms with Gasteiger partial charge in [-0.1, -0.05) is 0 Å². The van der Waals surface area contributed by atoms with E-state index in [1.807, 2.05) is 6.07 Å². The summed E-state index contributed by atoms with van der Waals surface area (Å²) >= 11 is 5.86. The van der Waals surface area contributed by atoms with Crippen LogP contribution in [0.15, 0.2) is 18.5 Å². The van der Waals surface area contributed by atoms with Crippen LogP contribution in [-0.4, -0.2) is 24.3 Å². The molecule has 0 aromatic carbocycles. The monoisotopic (exact) mass is 255 g/mol. The minimum Gasteiger partial charge on any atom is -0.490 e. The Labute approximate surface area is 107 Å². The van der Waals surface area contributed by atoms with Gasteiger partial charge < -0.3 is 9.47 Å². The third-order valence-corrected chi connectivity index (χ3v) is 3.50. The molecule has 0 radical (unpaired) electrons. The summed E-state index contributed by atoms with van der Waals surface area (Å²) in [5, 5.41) is 0. The van der Waals surface area contributed by atoms with Crippen LogP contribution in [0.4, 0.5) is 0 Å². The lowest BCUT2D eigenvalue weighted by atomic mass is 9.95. The van der Waals surface area contributed by atoms with Crippen molar-refractivity contribution in [2.45, 2.75) is 43.8 Å². The molecule has 1 aliphatic carbocycles. The Balaban J connectivity index is 2.00. The van der Waals surface area contributed by atoms with Gasteiger partial charge in [0.15, 0.2) is 0 Å². The fourth-order valence-corrected chi connectivity index (χ4v) is 2.43. The lowest BCUT2D eigenvalue weighted by Gasteiger charge is -2.29. The Kier molecular flexibility index (Phi) is 4.63. The first kappa shape index (κ1) is 12.7. The molecule has 4 heteroatoms. The molecule has 17 heavy (non-hydrogen) atoms. The number of aromatic nitrogens is 1. The number of alkyl halides is 1. The normalized spacial score (nSPS) is 24.6. The van der Waals surface area contributed by atoms with Crippen molar-refractivity contribution >= 4 is 11.6 Å². The molecular weight excluding hydrogens is 238 g/mol. The van der Waals surface area contributed by atoms with Gasteiger partial charge in [0, 0.05) is 31.5 Å². The lowest BCUT2D eigenvalue weighted by Crippen LogP contribution is -2.29. The molecule has 0 saturated heterocycles. The van der Waals surface area contributed by atoms with Gasteiger partial charge in [0.05, 0.1) is 12.0 Å². The van der Waals surface area contributed by atoms with Gasteiger partial charge in [-0.25, -0.2) is 0 Å². The molecule has 94 valence electrons. The second-order valence-electron chi connectivity index (χ2n) is 4.38. The van der Waals surface area contributed by atoms with Crippen molar-refractivity contribution in [3.8, 4) is 5.75 Å². The summed E-state index contributed by atoms with van der Waals surface area (Å²) in [5.74, 6) is 1.29. The van der Waals surface area contributed by atoms with Crippen LogP contribution in [0.3, 0.4) is 0 Å². The van der Waals surface area contributed by atoms with Crippen molar-refractivity contribution in [2.24, 2.45) is 0 Å². The van der Waals surface area contributed by atoms with E-state index in [2.05, 4.69) is 4.98 Å². The molecule has 2 rings (SSSR count). The van der Waals surface area contributed by atoms with Gasteiger partial charge in [-0.05, 0) is 25.3 Å². The Morgan fingerprint density at radius 3 is 3.00 bits per heavy atom. The lowest BCUT2D eigenvalue weighted by molar-refractivity contribution is 0.0207. The highest BCUT2D eigenvalue weighted by molar-refractivity contribution is 6.17. The number of methoxy groups -OCH3 is 1. The number of hydrogen-bond donors (Lipinski definition) is 0. The van der Waals surface area contributed by atoms with Gasteiger partial charge in [0.25, 0.3) is 0 Å². The Morgan fingerprint density at radius 1 is 1.41 bits per heavy atom. The SMILES string of the molecule is COC1CCCC(Oc2ccncc2CCl)C1. The van der Waals surface area contributed by atoms with E-state index in [0.717, 1.165) is 37.0 Å². The quantitative estimate of drug-likeness (QED) is 0.775. The van der Waals surface area contributed by atoms with Crippen LogP contribution >= 0.6 is 11.6 Å². The zero-order valence-corrected chi connectivity index (χ0v) is 10.8. The van der Waals surface area contributed by atoms with Gasteiger partial charge in [-0.2, -0.15) is 0 Å². The summed E-state index contributed by atoms with van der Waals surface area (Å²) in [5.41, 5.74) is 0.953. The predicted octanol–water partition coefficient (Wildman–Crippen LogP) is 3.16. The van der Waals surface area contributed by atoms with Crippen molar-refractivity contribution in [3.05, 3.63) is 24.0 Å². The minimum absolute atomic E-state index is 0.234. The van der Waals surface area contributed by atoms with E-state index in [-0.39, 0.29) is 6.10 Å². The summed E-state index contributed by atoms with van der Waals surface area (Å²) in [6.07, 6.45) is 8.40. The zero-order valence-electron chi connectivity index (χ0n) is 10.1. The van der Waals surface area contributed by atoms with E-state index in [4.69, 9.17) is 21.1 Å². The standard InChI is InChI=1S/C13H18ClNO2/c1-16-11-3-2-4-12(7-11)17-13-5-6-15-9-10(13)8-14/h5-6,9,11-12H,2-4,7-8H2,1H3. The van der Waals surface area contributed by atoms with Crippen molar-refractivity contribution in [3.63, 3.8) is 0 Å². The molecule has 0 amide bonds. The molecule has 1 aliphatic rings. The van der Waals surface area contributed by atoms with Gasteiger partial charge >= 0.3 is 0 Å². The van der Waals surface area contributed by atoms with E-state index in [0.29, 0.717) is 12.0 Å². The first-order valence-electron chi connectivity index (χ1n) is 6.01. The summed E-state index contributed by atoms with van der Waals surface area (Å²) in [4.78, 5) is 4.05. The van der Waals surface area contributed by atoms with Gasteiger partial charge in [-0.3, -0.25) is 4.98 Å². The Bertz CT molecular complexity index is 359. The molecule has 1 aromatic heterocycles. The van der Waals surface area contributed by atoms with Crippen LogP contribution in [-0.2, 0) is 10.6 Å². The largest absolute Gasteiger partial charge is 0.490 e. The van der Waals surface area contributed by atoms with E-state index in [1.54, 1.807) is 19.5 Å². The summed E-state index contributed by atoms with van der Waals surface area (Å²) in [7, 11) is 1.77. The van der Waals surface area contributed by atoms with Crippen molar-refractivity contribution < 1.29 is 9.47 Å². The van der Waals surface area contributed by atoms with Crippen molar-refractivity contribution in [2.75, 3.05) is 7.11 Å². The second kappa shape index (κ2) is 6.22. The maximum absolute atomic E-state index is 6.00. The van der Waals surface area contributed by atoms with E-state index in [9.17, 15) is 0 Å². The van der Waals surface area contributed by atoms with Crippen molar-refractivity contribution in [1.29, 1.82) is 0 Å². The smallest absolute Gasteiger partial charge is 0.127 e. The van der Waals surface area contributed by atoms with Crippen LogP contribution in [0.25, 0.3) is 0 Å². The van der Waals surface area contributed by atoms with E-state index >= 15 is 0 Å². The minimum atomic E-state index is 0.234. The van der Waals surface area contributed by atoms with Crippen LogP contribution in [0.2, 0.25) is 0 Å². The molecule has 0 N–H and O–H groups in total. The molecule has 0 aliphatic heterocycles. The third-order valence-electron chi connectivity index (χ3n) is 3.21. The molecule has 0 bridgehead atoms. The number of pyridine rings is 1. The first-order valence-corrected chi connectivity index (χ1v) is 6.55. The number of rotatable bonds is 4. The van der Waals surface area contributed by atoms with Crippen LogP contribution in [0.1, 0.15) is 31.2 Å². The maximum atomic E-state index is 6.00. The molecule has 1 aromatic rings. The summed E-state index contributed by atoms with van der Waals surface area (Å²) in [6.45, 7) is 0. The van der Waals surface area contributed by atoms with Crippen molar-refractivity contribution in [1.82, 2.24) is 4.98 Å². The molecule has 1 fully saturated rings. The average molecular weight is 256 g/mol. The highest BCUT2D eigenvalue weighted by Crippen LogP contribution is 2.27. The third kappa shape index (κ3) is 3.33. The zero-order chi connectivity index (χ0) is 12.1. The highest BCUT2D eigenvalue weighted by Gasteiger charge is 2.23. The topological polar surface area (TPSA) is 31.4 Å². The second-order valence-corrected chi connectivity index (χ2v) is 4.65. The Morgan fingerprint density at radius 2 is 2.24 bits per heavy atom. The van der Waals surface area contributed by atoms with Gasteiger partial charge in [0.1, 0.15) is 11.9 Å². The molecule has 1 heterocycles. The fraction of sp³-hybridized carbons (Fsp3) is 0.615. The number of ether oxygens (including phenoxy) is 2.